The van der Waals surface area contributed by atoms with Gasteiger partial charge in [-0.1, -0.05) is 0 Å². The van der Waals surface area contributed by atoms with Gasteiger partial charge in [-0.05, 0) is 18.2 Å². The quantitative estimate of drug-likeness (QED) is 0.798. The summed E-state index contributed by atoms with van der Waals surface area (Å²) in [6.45, 7) is -0.522. The number of benzene rings is 1. The Labute approximate surface area is 112 Å². The van der Waals surface area contributed by atoms with Gasteiger partial charge in [-0.3, -0.25) is 9.59 Å². The second-order valence-corrected chi connectivity index (χ2v) is 4.22. The fraction of sp³-hybridized carbons (Fsp3) is 0.154. The molecule has 0 aliphatic heterocycles. The molecule has 0 bridgehead atoms. The number of likely N-dealkylation sites (N-methyl/N-ethyl adjacent to an activating group) is 1. The molecule has 0 aliphatic rings. The van der Waals surface area contributed by atoms with Crippen LogP contribution in [0.4, 0.5) is 0 Å². The first-order chi connectivity index (χ1) is 9.38. The smallest absolute Gasteiger partial charge is 0.349 e. The summed E-state index contributed by atoms with van der Waals surface area (Å²) in [6, 6.07) is 5.44. The summed E-state index contributed by atoms with van der Waals surface area (Å²) in [5.41, 5.74) is -0.996. The summed E-state index contributed by atoms with van der Waals surface area (Å²) in [7, 11) is 1.27. The maximum atomic E-state index is 12.0. The van der Waals surface area contributed by atoms with Gasteiger partial charge in [0.25, 0.3) is 5.91 Å². The van der Waals surface area contributed by atoms with Crippen LogP contribution in [0.5, 0.6) is 5.75 Å². The van der Waals surface area contributed by atoms with Crippen LogP contribution in [0.2, 0.25) is 0 Å². The number of hydrogen-bond donors (Lipinski definition) is 2. The van der Waals surface area contributed by atoms with Crippen molar-refractivity contribution in [1.29, 1.82) is 0 Å². The third-order valence-electron chi connectivity index (χ3n) is 2.67. The highest BCUT2D eigenvalue weighted by Crippen LogP contribution is 2.19. The highest BCUT2D eigenvalue weighted by Gasteiger charge is 2.19. The molecular formula is C13H11NO6. The van der Waals surface area contributed by atoms with Crippen LogP contribution in [0, 0.1) is 0 Å². The van der Waals surface area contributed by atoms with Crippen molar-refractivity contribution in [3.05, 3.63) is 40.2 Å². The Bertz CT molecular complexity index is 748. The van der Waals surface area contributed by atoms with Crippen molar-refractivity contribution in [2.24, 2.45) is 0 Å². The van der Waals surface area contributed by atoms with Crippen LogP contribution < -0.4 is 5.63 Å². The van der Waals surface area contributed by atoms with Crippen molar-refractivity contribution >= 4 is 22.8 Å². The van der Waals surface area contributed by atoms with E-state index in [9.17, 15) is 19.5 Å². The van der Waals surface area contributed by atoms with Crippen LogP contribution in [-0.2, 0) is 4.79 Å². The van der Waals surface area contributed by atoms with Gasteiger partial charge in [0.2, 0.25) is 0 Å². The summed E-state index contributed by atoms with van der Waals surface area (Å²) >= 11 is 0. The van der Waals surface area contributed by atoms with Gasteiger partial charge in [-0.2, -0.15) is 0 Å². The fourth-order valence-corrected chi connectivity index (χ4v) is 1.73. The molecule has 0 radical (unpaired) electrons. The minimum atomic E-state index is -1.18. The number of aromatic hydroxyl groups is 1. The maximum absolute atomic E-state index is 12.0. The number of hydrogen-bond acceptors (Lipinski definition) is 5. The molecule has 104 valence electrons. The number of phenolic OH excluding ortho intramolecular Hbond substituents is 1. The molecule has 0 atom stereocenters. The number of nitrogens with zero attached hydrogens (tertiary/aromatic N) is 1. The molecule has 1 heterocycles. The van der Waals surface area contributed by atoms with Crippen molar-refractivity contribution in [3.8, 4) is 5.75 Å². The van der Waals surface area contributed by atoms with Gasteiger partial charge in [0.1, 0.15) is 23.4 Å². The molecule has 7 heteroatoms. The summed E-state index contributed by atoms with van der Waals surface area (Å²) in [4.78, 5) is 35.2. The minimum Gasteiger partial charge on any atom is -0.508 e. The summed E-state index contributed by atoms with van der Waals surface area (Å²) in [6.07, 6.45) is 0. The van der Waals surface area contributed by atoms with E-state index >= 15 is 0 Å². The summed E-state index contributed by atoms with van der Waals surface area (Å²) in [5, 5.41) is 18.4. The minimum absolute atomic E-state index is 0.0669. The number of phenols is 1. The molecule has 0 fully saturated rings. The van der Waals surface area contributed by atoms with Gasteiger partial charge in [0, 0.05) is 18.5 Å². The zero-order chi connectivity index (χ0) is 14.9. The molecule has 0 aliphatic carbocycles. The Balaban J connectivity index is 2.47. The van der Waals surface area contributed by atoms with E-state index in [-0.39, 0.29) is 16.9 Å². The number of fused-ring (bicyclic) bond motifs is 1. The lowest BCUT2D eigenvalue weighted by molar-refractivity contribution is -0.137. The van der Waals surface area contributed by atoms with Crippen molar-refractivity contribution in [3.63, 3.8) is 0 Å². The molecule has 7 nitrogen and oxygen atoms in total. The first-order valence-electron chi connectivity index (χ1n) is 5.62. The lowest BCUT2D eigenvalue weighted by Crippen LogP contribution is -2.34. The SMILES string of the molecule is CN(CC(=O)O)C(=O)c1cc2ccc(O)cc2oc1=O. The van der Waals surface area contributed by atoms with E-state index in [0.29, 0.717) is 5.39 Å². The van der Waals surface area contributed by atoms with Crippen molar-refractivity contribution < 1.29 is 24.2 Å². The van der Waals surface area contributed by atoms with E-state index in [1.165, 1.54) is 31.3 Å². The zero-order valence-electron chi connectivity index (χ0n) is 10.5. The molecule has 1 amide bonds. The molecule has 1 aromatic heterocycles. The average Bonchev–Trinajstić information content (AvgIpc) is 2.36. The van der Waals surface area contributed by atoms with Gasteiger partial charge in [-0.15, -0.1) is 0 Å². The second kappa shape index (κ2) is 5.04. The molecule has 0 saturated heterocycles. The highest BCUT2D eigenvalue weighted by molar-refractivity contribution is 5.97. The lowest BCUT2D eigenvalue weighted by atomic mass is 10.1. The van der Waals surface area contributed by atoms with Gasteiger partial charge in [0.05, 0.1) is 0 Å². The number of aliphatic carboxylic acids is 1. The number of carboxylic acid groups (broad SMARTS) is 1. The Hall–Kier alpha value is -2.83. The lowest BCUT2D eigenvalue weighted by Gasteiger charge is -2.13. The predicted molar refractivity (Wildman–Crippen MR) is 68.7 cm³/mol. The van der Waals surface area contributed by atoms with Crippen LogP contribution in [0.3, 0.4) is 0 Å². The molecule has 2 aromatic rings. The van der Waals surface area contributed by atoms with E-state index < -0.39 is 24.0 Å². The number of rotatable bonds is 3. The van der Waals surface area contributed by atoms with Crippen LogP contribution in [0.25, 0.3) is 11.0 Å². The highest BCUT2D eigenvalue weighted by atomic mass is 16.4. The molecular weight excluding hydrogens is 266 g/mol. The Morgan fingerprint density at radius 3 is 2.65 bits per heavy atom. The van der Waals surface area contributed by atoms with Crippen LogP contribution >= 0.6 is 0 Å². The van der Waals surface area contributed by atoms with Gasteiger partial charge in [0.15, 0.2) is 0 Å². The second-order valence-electron chi connectivity index (χ2n) is 4.22. The van der Waals surface area contributed by atoms with E-state index in [0.717, 1.165) is 4.90 Å². The summed E-state index contributed by atoms with van der Waals surface area (Å²) < 4.78 is 4.94. The number of amides is 1. The summed E-state index contributed by atoms with van der Waals surface area (Å²) in [5.74, 6) is -1.99. The molecule has 0 saturated carbocycles. The number of carbonyl (C=O) groups excluding carboxylic acids is 1. The van der Waals surface area contributed by atoms with E-state index in [1.54, 1.807) is 0 Å². The van der Waals surface area contributed by atoms with E-state index in [4.69, 9.17) is 9.52 Å². The molecule has 2 rings (SSSR count). The van der Waals surface area contributed by atoms with Crippen molar-refractivity contribution in [2.75, 3.05) is 13.6 Å². The van der Waals surface area contributed by atoms with Gasteiger partial charge >= 0.3 is 11.6 Å². The standard InChI is InChI=1S/C13H11NO6/c1-14(6-11(16)17)12(18)9-4-7-2-3-8(15)5-10(7)20-13(9)19/h2-5,15H,6H2,1H3,(H,16,17). The first kappa shape index (κ1) is 13.6. The van der Waals surface area contributed by atoms with Crippen LogP contribution in [0.1, 0.15) is 10.4 Å². The fourth-order valence-electron chi connectivity index (χ4n) is 1.73. The largest absolute Gasteiger partial charge is 0.508 e. The van der Waals surface area contributed by atoms with Crippen LogP contribution in [0.15, 0.2) is 33.5 Å². The number of carboxylic acids is 1. The van der Waals surface area contributed by atoms with E-state index in [2.05, 4.69) is 0 Å². The Morgan fingerprint density at radius 1 is 1.30 bits per heavy atom. The van der Waals surface area contributed by atoms with Crippen molar-refractivity contribution in [2.45, 2.75) is 0 Å². The molecule has 1 aromatic carbocycles. The monoisotopic (exact) mass is 277 g/mol. The van der Waals surface area contributed by atoms with Gasteiger partial charge < -0.3 is 19.5 Å². The Kier molecular flexibility index (Phi) is 3.43. The molecule has 2 N–H and O–H groups in total. The third kappa shape index (κ3) is 2.61. The predicted octanol–water partition coefficient (Wildman–Crippen LogP) is 0.655. The third-order valence-corrected chi connectivity index (χ3v) is 2.67. The maximum Gasteiger partial charge on any atom is 0.349 e. The zero-order valence-corrected chi connectivity index (χ0v) is 10.5. The first-order valence-corrected chi connectivity index (χ1v) is 5.62. The van der Waals surface area contributed by atoms with Crippen molar-refractivity contribution in [1.82, 2.24) is 4.90 Å². The van der Waals surface area contributed by atoms with E-state index in [1.807, 2.05) is 0 Å². The molecule has 0 spiro atoms. The normalized spacial score (nSPS) is 10.4. The average molecular weight is 277 g/mol. The topological polar surface area (TPSA) is 108 Å². The number of carbonyl (C=O) groups is 2. The Morgan fingerprint density at radius 2 is 2.00 bits per heavy atom. The van der Waals surface area contributed by atoms with Crippen LogP contribution in [-0.4, -0.2) is 40.6 Å². The molecule has 20 heavy (non-hydrogen) atoms. The molecule has 0 unspecified atom stereocenters. The van der Waals surface area contributed by atoms with Gasteiger partial charge in [-0.25, -0.2) is 4.79 Å².